The number of nitriles is 1. The lowest BCUT2D eigenvalue weighted by molar-refractivity contribution is 0.373. The molecule has 58 valence electrons. The van der Waals surface area contributed by atoms with E-state index in [1.165, 1.54) is 10.8 Å². The molecule has 2 aliphatic heterocycles. The molecule has 0 amide bonds. The van der Waals surface area contributed by atoms with Gasteiger partial charge in [0.2, 0.25) is 0 Å². The molecular formula is C8H10N2S. The Labute approximate surface area is 70.9 Å². The van der Waals surface area contributed by atoms with Gasteiger partial charge in [-0.1, -0.05) is 0 Å². The van der Waals surface area contributed by atoms with Gasteiger partial charge < -0.3 is 4.90 Å². The molecule has 0 radical (unpaired) electrons. The minimum Gasteiger partial charge on any atom is -0.365 e. The Balaban J connectivity index is 2.32. The topological polar surface area (TPSA) is 27.0 Å². The van der Waals surface area contributed by atoms with Crippen molar-refractivity contribution in [2.24, 2.45) is 0 Å². The first-order chi connectivity index (χ1) is 5.42. The molecule has 2 aliphatic rings. The molecule has 0 bridgehead atoms. The van der Waals surface area contributed by atoms with Crippen LogP contribution in [0.4, 0.5) is 0 Å². The van der Waals surface area contributed by atoms with Crippen molar-refractivity contribution in [1.82, 2.24) is 4.90 Å². The maximum Gasteiger partial charge on any atom is 0.0974 e. The maximum atomic E-state index is 8.79. The largest absolute Gasteiger partial charge is 0.365 e. The highest BCUT2D eigenvalue weighted by Gasteiger charge is 2.24. The highest BCUT2D eigenvalue weighted by atomic mass is 32.2. The number of fused-ring (bicyclic) bond motifs is 1. The summed E-state index contributed by atoms with van der Waals surface area (Å²) in [6.07, 6.45) is 2.16. The van der Waals surface area contributed by atoms with Crippen molar-refractivity contribution in [1.29, 1.82) is 5.26 Å². The van der Waals surface area contributed by atoms with Gasteiger partial charge in [-0.2, -0.15) is 5.26 Å². The lowest BCUT2D eigenvalue weighted by atomic mass is 10.1. The molecule has 2 rings (SSSR count). The fourth-order valence-electron chi connectivity index (χ4n) is 1.59. The average molecular weight is 166 g/mol. The first-order valence-electron chi connectivity index (χ1n) is 3.93. The van der Waals surface area contributed by atoms with Gasteiger partial charge in [-0.25, -0.2) is 0 Å². The predicted octanol–water partition coefficient (Wildman–Crippen LogP) is 1.56. The van der Waals surface area contributed by atoms with Gasteiger partial charge in [-0.05, 0) is 12.8 Å². The fourth-order valence-corrected chi connectivity index (χ4v) is 2.79. The molecule has 0 atom stereocenters. The van der Waals surface area contributed by atoms with E-state index < -0.39 is 0 Å². The summed E-state index contributed by atoms with van der Waals surface area (Å²) in [6, 6.07) is 2.29. The molecule has 0 aromatic rings. The van der Waals surface area contributed by atoms with E-state index in [0.717, 1.165) is 31.5 Å². The van der Waals surface area contributed by atoms with Gasteiger partial charge in [0.15, 0.2) is 0 Å². The van der Waals surface area contributed by atoms with Crippen LogP contribution >= 0.6 is 11.8 Å². The van der Waals surface area contributed by atoms with Crippen LogP contribution in [0.2, 0.25) is 0 Å². The Hall–Kier alpha value is -0.620. The lowest BCUT2D eigenvalue weighted by Gasteiger charge is -2.24. The van der Waals surface area contributed by atoms with Crippen molar-refractivity contribution in [2.45, 2.75) is 12.8 Å². The van der Waals surface area contributed by atoms with Crippen molar-refractivity contribution in [3.63, 3.8) is 0 Å². The zero-order valence-corrected chi connectivity index (χ0v) is 7.15. The molecule has 0 spiro atoms. The monoisotopic (exact) mass is 166 g/mol. The minimum atomic E-state index is 0.995. The van der Waals surface area contributed by atoms with E-state index in [9.17, 15) is 0 Å². The molecule has 0 aromatic heterocycles. The summed E-state index contributed by atoms with van der Waals surface area (Å²) in [7, 11) is 0. The molecule has 1 fully saturated rings. The first-order valence-corrected chi connectivity index (χ1v) is 4.91. The van der Waals surface area contributed by atoms with Crippen LogP contribution in [0.1, 0.15) is 12.8 Å². The predicted molar refractivity (Wildman–Crippen MR) is 45.9 cm³/mol. The van der Waals surface area contributed by atoms with Crippen LogP contribution in [0.5, 0.6) is 0 Å². The summed E-state index contributed by atoms with van der Waals surface area (Å²) in [6.45, 7) is 2.30. The Morgan fingerprint density at radius 2 is 2.36 bits per heavy atom. The van der Waals surface area contributed by atoms with Crippen LogP contribution in [-0.2, 0) is 0 Å². The lowest BCUT2D eigenvalue weighted by Crippen LogP contribution is -2.23. The summed E-state index contributed by atoms with van der Waals surface area (Å²) in [5.74, 6) is 1.17. The molecule has 2 nitrogen and oxygen atoms in total. The second-order valence-electron chi connectivity index (χ2n) is 2.83. The second kappa shape index (κ2) is 2.78. The summed E-state index contributed by atoms with van der Waals surface area (Å²) < 4.78 is 0. The molecule has 0 N–H and O–H groups in total. The van der Waals surface area contributed by atoms with Gasteiger partial charge in [0, 0.05) is 18.8 Å². The Kier molecular flexibility index (Phi) is 1.79. The zero-order chi connectivity index (χ0) is 7.68. The normalized spacial score (nSPS) is 23.4. The highest BCUT2D eigenvalue weighted by Crippen LogP contribution is 2.35. The third-order valence-corrected chi connectivity index (χ3v) is 3.30. The van der Waals surface area contributed by atoms with E-state index in [2.05, 4.69) is 11.0 Å². The average Bonchev–Trinajstić information content (AvgIpc) is 2.50. The van der Waals surface area contributed by atoms with Crippen molar-refractivity contribution in [3.8, 4) is 6.07 Å². The maximum absolute atomic E-state index is 8.79. The summed E-state index contributed by atoms with van der Waals surface area (Å²) >= 11 is 1.84. The van der Waals surface area contributed by atoms with E-state index in [1.54, 1.807) is 0 Å². The smallest absolute Gasteiger partial charge is 0.0974 e. The third-order valence-electron chi connectivity index (χ3n) is 2.14. The van der Waals surface area contributed by atoms with Gasteiger partial charge in [-0.15, -0.1) is 11.8 Å². The molecule has 11 heavy (non-hydrogen) atoms. The van der Waals surface area contributed by atoms with E-state index in [4.69, 9.17) is 5.26 Å². The molecule has 3 heteroatoms. The fraction of sp³-hybridized carbons (Fsp3) is 0.625. The van der Waals surface area contributed by atoms with Crippen LogP contribution in [-0.4, -0.2) is 23.7 Å². The number of allylic oxidation sites excluding steroid dienone is 1. The summed E-state index contributed by atoms with van der Waals surface area (Å²) in [4.78, 5) is 2.34. The van der Waals surface area contributed by atoms with E-state index in [-0.39, 0.29) is 0 Å². The van der Waals surface area contributed by atoms with Gasteiger partial charge in [0.1, 0.15) is 0 Å². The van der Waals surface area contributed by atoms with Crippen LogP contribution < -0.4 is 0 Å². The number of hydrogen-bond acceptors (Lipinski definition) is 3. The Morgan fingerprint density at radius 1 is 1.45 bits per heavy atom. The summed E-state index contributed by atoms with van der Waals surface area (Å²) in [5, 5.41) is 10.1. The van der Waals surface area contributed by atoms with E-state index in [0.29, 0.717) is 0 Å². The molecule has 0 unspecified atom stereocenters. The van der Waals surface area contributed by atoms with E-state index in [1.807, 2.05) is 11.8 Å². The molecule has 0 saturated carbocycles. The van der Waals surface area contributed by atoms with Crippen LogP contribution in [0, 0.1) is 11.3 Å². The Bertz CT molecular complexity index is 239. The van der Waals surface area contributed by atoms with Gasteiger partial charge in [0.25, 0.3) is 0 Å². The molecular weight excluding hydrogens is 156 g/mol. The van der Waals surface area contributed by atoms with E-state index >= 15 is 0 Å². The third kappa shape index (κ3) is 1.12. The quantitative estimate of drug-likeness (QED) is 0.546. The molecule has 0 aliphatic carbocycles. The van der Waals surface area contributed by atoms with Crippen molar-refractivity contribution >= 4 is 11.8 Å². The number of thioether (sulfide) groups is 1. The van der Waals surface area contributed by atoms with Gasteiger partial charge in [-0.3, -0.25) is 0 Å². The number of nitrogens with zero attached hydrogens (tertiary/aromatic N) is 2. The van der Waals surface area contributed by atoms with Crippen molar-refractivity contribution < 1.29 is 0 Å². The molecule has 2 heterocycles. The second-order valence-corrected chi connectivity index (χ2v) is 3.92. The zero-order valence-electron chi connectivity index (χ0n) is 6.34. The SMILES string of the molecule is N#CC1=C2SCCN2CCC1. The highest BCUT2D eigenvalue weighted by molar-refractivity contribution is 8.03. The minimum absolute atomic E-state index is 0.995. The van der Waals surface area contributed by atoms with Gasteiger partial charge in [0.05, 0.1) is 16.7 Å². The van der Waals surface area contributed by atoms with Crippen molar-refractivity contribution in [3.05, 3.63) is 10.6 Å². The molecule has 1 saturated heterocycles. The van der Waals surface area contributed by atoms with Gasteiger partial charge >= 0.3 is 0 Å². The van der Waals surface area contributed by atoms with Crippen LogP contribution in [0.15, 0.2) is 10.6 Å². The Morgan fingerprint density at radius 3 is 3.18 bits per heavy atom. The number of hydrogen-bond donors (Lipinski definition) is 0. The van der Waals surface area contributed by atoms with Crippen molar-refractivity contribution in [2.75, 3.05) is 18.8 Å². The van der Waals surface area contributed by atoms with Crippen LogP contribution in [0.3, 0.4) is 0 Å². The standard InChI is InChI=1S/C8H10N2S/c9-6-7-2-1-3-10-4-5-11-8(7)10/h1-5H2. The summed E-state index contributed by atoms with van der Waals surface area (Å²) in [5.41, 5.74) is 1.01. The number of rotatable bonds is 0. The first kappa shape index (κ1) is 7.05. The van der Waals surface area contributed by atoms with Crippen LogP contribution in [0.25, 0.3) is 0 Å². The molecule has 0 aromatic carbocycles.